The van der Waals surface area contributed by atoms with Crippen molar-refractivity contribution < 1.29 is 5.11 Å². The fraction of sp³-hybridized carbons (Fsp3) is 0.143. The highest BCUT2D eigenvalue weighted by molar-refractivity contribution is 6.03. The number of aliphatic imine (C=N–C) groups is 1. The molecule has 3 rings (SSSR count). The van der Waals surface area contributed by atoms with Crippen LogP contribution < -0.4 is 5.73 Å². The maximum Gasteiger partial charge on any atom is 0.140 e. The lowest BCUT2D eigenvalue weighted by molar-refractivity contribution is 0.370. The van der Waals surface area contributed by atoms with Crippen molar-refractivity contribution in [2.75, 3.05) is 0 Å². The number of aromatic amines is 1. The predicted molar refractivity (Wildman–Crippen MR) is 72.7 cm³/mol. The van der Waals surface area contributed by atoms with Crippen molar-refractivity contribution in [2.45, 2.75) is 12.5 Å². The Kier molecular flexibility index (Phi) is 2.50. The SMILES string of the molecule is N#CC1=C(O)[C@@H](Cc2c[nH]c3ccccc23)N=C1N. The van der Waals surface area contributed by atoms with Crippen LogP contribution in [0.1, 0.15) is 5.56 Å². The average Bonchev–Trinajstić information content (AvgIpc) is 2.93. The predicted octanol–water partition coefficient (Wildman–Crippen LogP) is 1.79. The lowest BCUT2D eigenvalue weighted by atomic mass is 10.0. The Morgan fingerprint density at radius 1 is 1.42 bits per heavy atom. The molecule has 0 saturated heterocycles. The van der Waals surface area contributed by atoms with Gasteiger partial charge in [-0.05, 0) is 11.6 Å². The van der Waals surface area contributed by atoms with E-state index in [1.807, 2.05) is 36.5 Å². The maximum absolute atomic E-state index is 9.94. The normalized spacial score (nSPS) is 18.7. The Hall–Kier alpha value is -2.74. The lowest BCUT2D eigenvalue weighted by Crippen LogP contribution is -2.11. The highest BCUT2D eigenvalue weighted by Gasteiger charge is 2.27. The summed E-state index contributed by atoms with van der Waals surface area (Å²) in [6.07, 6.45) is 2.41. The van der Waals surface area contributed by atoms with Crippen LogP contribution in [0.4, 0.5) is 0 Å². The van der Waals surface area contributed by atoms with Crippen LogP contribution in [0.5, 0.6) is 0 Å². The molecular weight excluding hydrogens is 240 g/mol. The summed E-state index contributed by atoms with van der Waals surface area (Å²) in [5, 5.41) is 19.9. The molecule has 5 heteroatoms. The van der Waals surface area contributed by atoms with Crippen molar-refractivity contribution in [2.24, 2.45) is 10.7 Å². The van der Waals surface area contributed by atoms with Crippen LogP contribution in [0.3, 0.4) is 0 Å². The first-order valence-electron chi connectivity index (χ1n) is 5.92. The van der Waals surface area contributed by atoms with E-state index in [2.05, 4.69) is 9.98 Å². The van der Waals surface area contributed by atoms with Crippen LogP contribution >= 0.6 is 0 Å². The minimum Gasteiger partial charge on any atom is -0.508 e. The van der Waals surface area contributed by atoms with Crippen molar-refractivity contribution in [3.05, 3.63) is 47.4 Å². The van der Waals surface area contributed by atoms with Gasteiger partial charge in [0.15, 0.2) is 0 Å². The summed E-state index contributed by atoms with van der Waals surface area (Å²) in [4.78, 5) is 7.31. The number of nitriles is 1. The van der Waals surface area contributed by atoms with Crippen LogP contribution in [-0.4, -0.2) is 22.0 Å². The number of fused-ring (bicyclic) bond motifs is 1. The number of aliphatic hydroxyl groups excluding tert-OH is 1. The third-order valence-electron chi connectivity index (χ3n) is 3.32. The number of para-hydroxylation sites is 1. The molecule has 0 saturated carbocycles. The molecule has 0 unspecified atom stereocenters. The van der Waals surface area contributed by atoms with Gasteiger partial charge in [0, 0.05) is 23.5 Å². The molecule has 0 aliphatic carbocycles. The molecule has 1 aliphatic heterocycles. The molecule has 2 heterocycles. The summed E-state index contributed by atoms with van der Waals surface area (Å²) in [5.41, 5.74) is 7.78. The van der Waals surface area contributed by atoms with Gasteiger partial charge in [-0.1, -0.05) is 18.2 Å². The Balaban J connectivity index is 1.96. The number of hydrogen-bond acceptors (Lipinski definition) is 4. The maximum atomic E-state index is 9.94. The van der Waals surface area contributed by atoms with E-state index < -0.39 is 6.04 Å². The van der Waals surface area contributed by atoms with E-state index >= 15 is 0 Å². The van der Waals surface area contributed by atoms with Gasteiger partial charge in [0.25, 0.3) is 0 Å². The number of aliphatic hydroxyl groups is 1. The smallest absolute Gasteiger partial charge is 0.140 e. The first-order chi connectivity index (χ1) is 9.20. The topological polar surface area (TPSA) is 98.2 Å². The van der Waals surface area contributed by atoms with Gasteiger partial charge in [-0.2, -0.15) is 5.26 Å². The highest BCUT2D eigenvalue weighted by Crippen LogP contribution is 2.25. The van der Waals surface area contributed by atoms with Crippen molar-refractivity contribution >= 4 is 16.7 Å². The van der Waals surface area contributed by atoms with Crippen molar-refractivity contribution in [3.63, 3.8) is 0 Å². The molecule has 1 aromatic heterocycles. The van der Waals surface area contributed by atoms with E-state index in [9.17, 15) is 5.11 Å². The second kappa shape index (κ2) is 4.18. The second-order valence-electron chi connectivity index (χ2n) is 4.47. The van der Waals surface area contributed by atoms with Gasteiger partial charge in [-0.15, -0.1) is 0 Å². The van der Waals surface area contributed by atoms with Crippen molar-refractivity contribution in [1.82, 2.24) is 4.98 Å². The molecule has 0 amide bonds. The minimum absolute atomic E-state index is 0.0368. The monoisotopic (exact) mass is 252 g/mol. The minimum atomic E-state index is -0.464. The molecule has 0 spiro atoms. The molecule has 0 bridgehead atoms. The zero-order valence-electron chi connectivity index (χ0n) is 10.1. The number of amidine groups is 1. The Bertz CT molecular complexity index is 748. The molecule has 94 valence electrons. The van der Waals surface area contributed by atoms with Gasteiger partial charge in [-0.25, -0.2) is 0 Å². The summed E-state index contributed by atoms with van der Waals surface area (Å²) < 4.78 is 0. The first-order valence-corrected chi connectivity index (χ1v) is 5.92. The van der Waals surface area contributed by atoms with Crippen LogP contribution in [0, 0.1) is 11.3 Å². The summed E-state index contributed by atoms with van der Waals surface area (Å²) in [6, 6.07) is 9.33. The summed E-state index contributed by atoms with van der Waals surface area (Å²) >= 11 is 0. The zero-order valence-corrected chi connectivity index (χ0v) is 10.1. The number of nitrogens with two attached hydrogens (primary N) is 1. The third kappa shape index (κ3) is 1.74. The molecule has 1 atom stereocenters. The van der Waals surface area contributed by atoms with Crippen LogP contribution in [0.25, 0.3) is 10.9 Å². The highest BCUT2D eigenvalue weighted by atomic mass is 16.3. The van der Waals surface area contributed by atoms with Crippen LogP contribution in [-0.2, 0) is 6.42 Å². The molecule has 1 aliphatic rings. The number of benzene rings is 1. The number of nitrogens with one attached hydrogen (secondary N) is 1. The number of hydrogen-bond donors (Lipinski definition) is 3. The standard InChI is InChI=1S/C14H12N4O/c15-6-10-13(19)12(18-14(10)16)5-8-7-17-11-4-2-1-3-9(8)11/h1-4,7,12,17,19H,5H2,(H2,16,18)/t12-/m1/s1. The van der Waals surface area contributed by atoms with E-state index in [-0.39, 0.29) is 17.2 Å². The molecule has 0 fully saturated rings. The lowest BCUT2D eigenvalue weighted by Gasteiger charge is -2.06. The van der Waals surface area contributed by atoms with E-state index in [0.717, 1.165) is 16.5 Å². The largest absolute Gasteiger partial charge is 0.508 e. The number of aromatic nitrogens is 1. The summed E-state index contributed by atoms with van der Waals surface area (Å²) in [5.74, 6) is 0.0788. The van der Waals surface area contributed by atoms with Crippen LogP contribution in [0.15, 0.2) is 46.8 Å². The third-order valence-corrected chi connectivity index (χ3v) is 3.32. The van der Waals surface area contributed by atoms with E-state index in [1.54, 1.807) is 0 Å². The molecule has 1 aromatic carbocycles. The Labute approximate surface area is 109 Å². The van der Waals surface area contributed by atoms with Gasteiger partial charge in [0.2, 0.25) is 0 Å². The first kappa shape index (κ1) is 11.4. The van der Waals surface area contributed by atoms with Crippen molar-refractivity contribution in [3.8, 4) is 6.07 Å². The van der Waals surface area contributed by atoms with Gasteiger partial charge >= 0.3 is 0 Å². The quantitative estimate of drug-likeness (QED) is 0.759. The Morgan fingerprint density at radius 2 is 2.21 bits per heavy atom. The fourth-order valence-corrected chi connectivity index (χ4v) is 2.36. The van der Waals surface area contributed by atoms with E-state index in [4.69, 9.17) is 11.0 Å². The molecule has 2 aromatic rings. The second-order valence-corrected chi connectivity index (χ2v) is 4.47. The number of nitrogens with zero attached hydrogens (tertiary/aromatic N) is 2. The molecule has 5 nitrogen and oxygen atoms in total. The molecule has 0 radical (unpaired) electrons. The molecular formula is C14H12N4O. The van der Waals surface area contributed by atoms with Crippen molar-refractivity contribution in [1.29, 1.82) is 5.26 Å². The van der Waals surface area contributed by atoms with E-state index in [1.165, 1.54) is 0 Å². The Morgan fingerprint density at radius 3 is 2.95 bits per heavy atom. The average molecular weight is 252 g/mol. The van der Waals surface area contributed by atoms with Gasteiger partial charge in [0.1, 0.15) is 29.3 Å². The molecule has 4 N–H and O–H groups in total. The van der Waals surface area contributed by atoms with Gasteiger partial charge in [0.05, 0.1) is 0 Å². The zero-order chi connectivity index (χ0) is 13.4. The number of rotatable bonds is 2. The van der Waals surface area contributed by atoms with E-state index in [0.29, 0.717) is 6.42 Å². The van der Waals surface area contributed by atoms with Gasteiger partial charge < -0.3 is 15.8 Å². The molecule has 19 heavy (non-hydrogen) atoms. The number of H-pyrrole nitrogens is 1. The van der Waals surface area contributed by atoms with Gasteiger partial charge in [-0.3, -0.25) is 4.99 Å². The van der Waals surface area contributed by atoms with Crippen LogP contribution in [0.2, 0.25) is 0 Å². The fourth-order valence-electron chi connectivity index (χ4n) is 2.36. The summed E-state index contributed by atoms with van der Waals surface area (Å²) in [7, 11) is 0. The summed E-state index contributed by atoms with van der Waals surface area (Å²) in [6.45, 7) is 0.